The van der Waals surface area contributed by atoms with E-state index in [-0.39, 0.29) is 82.5 Å². The van der Waals surface area contributed by atoms with Crippen molar-refractivity contribution in [3.63, 3.8) is 0 Å². The van der Waals surface area contributed by atoms with Gasteiger partial charge in [-0.3, -0.25) is 86.3 Å². The zero-order chi connectivity index (χ0) is 106. The minimum Gasteiger partial charge on any atom is -0.508 e. The minimum atomic E-state index is -1.99. The number of primary amides is 2. The first-order chi connectivity index (χ1) is 68.2. The summed E-state index contributed by atoms with van der Waals surface area (Å²) in [4.78, 5) is 273. The number of rotatable bonds is 32. The molecule has 3 aromatic carbocycles. The highest BCUT2D eigenvalue weighted by Gasteiger charge is 2.47. The van der Waals surface area contributed by atoms with E-state index in [0.717, 1.165) is 43.2 Å². The van der Waals surface area contributed by atoms with Crippen LogP contribution in [0.25, 0.3) is 21.8 Å². The second-order valence-electron chi connectivity index (χ2n) is 38.0. The molecule has 17 amide bonds. The van der Waals surface area contributed by atoms with Crippen molar-refractivity contribution < 1.29 is 122 Å². The van der Waals surface area contributed by atoms with Gasteiger partial charge in [-0.2, -0.15) is 0 Å². The van der Waals surface area contributed by atoms with Crippen LogP contribution in [0.15, 0.2) is 85.2 Å². The Kier molecular flexibility index (Phi) is 44.6. The molecule has 0 radical (unpaired) electrons. The van der Waals surface area contributed by atoms with E-state index in [9.17, 15) is 74.1 Å². The number of aliphatic carboxylic acids is 1. The van der Waals surface area contributed by atoms with Crippen molar-refractivity contribution >= 4 is 140 Å². The molecule has 3 aliphatic heterocycles. The van der Waals surface area contributed by atoms with E-state index in [0.29, 0.717) is 64.2 Å². The Hall–Kier alpha value is -12.9. The van der Waals surface area contributed by atoms with Crippen molar-refractivity contribution in [3.8, 4) is 5.75 Å². The lowest BCUT2D eigenvalue weighted by Crippen LogP contribution is -2.62. The second kappa shape index (κ2) is 55.2. The largest absolute Gasteiger partial charge is 0.508 e. The number of hydrogen-bond donors (Lipinski definition) is 22. The van der Waals surface area contributed by atoms with Crippen LogP contribution >= 0.6 is 11.8 Å². The van der Waals surface area contributed by atoms with Gasteiger partial charge in [0.05, 0.1) is 37.0 Å². The van der Waals surface area contributed by atoms with E-state index in [4.69, 9.17) is 17.2 Å². The number of para-hydroxylation sites is 2. The van der Waals surface area contributed by atoms with Gasteiger partial charge in [0.2, 0.25) is 100 Å². The van der Waals surface area contributed by atoms with Crippen LogP contribution in [0.1, 0.15) is 156 Å². The predicted molar refractivity (Wildman–Crippen MR) is 528 cm³/mol. The molecule has 47 heteroatoms. The number of carbonyl (C=O) groups excluding carboxylic acids is 17. The van der Waals surface area contributed by atoms with Gasteiger partial charge in [0.25, 0.3) is 0 Å². The fraction of sp³-hybridized carbons (Fsp3) is 0.588. The summed E-state index contributed by atoms with van der Waals surface area (Å²) in [5.41, 5.74) is 19.7. The number of nitrogens with one attached hydrogen (secondary N) is 12. The van der Waals surface area contributed by atoms with E-state index >= 15 is 47.9 Å². The predicted octanol–water partition coefficient (Wildman–Crippen LogP) is -4.14. The maximum absolute atomic E-state index is 16.0. The number of benzene rings is 3. The summed E-state index contributed by atoms with van der Waals surface area (Å²) in [6.45, 7) is 9.27. The summed E-state index contributed by atoms with van der Waals surface area (Å²) in [6, 6.07) is -3.38. The summed E-state index contributed by atoms with van der Waals surface area (Å²) in [6.07, 6.45) is -7.17. The van der Waals surface area contributed by atoms with Gasteiger partial charge in [-0.25, -0.2) is 0 Å². The third kappa shape index (κ3) is 32.8. The van der Waals surface area contributed by atoms with Crippen molar-refractivity contribution in [1.82, 2.24) is 92.5 Å². The molecule has 0 spiro atoms. The van der Waals surface area contributed by atoms with Gasteiger partial charge < -0.3 is 145 Å². The van der Waals surface area contributed by atoms with Gasteiger partial charge in [0, 0.05) is 113 Å². The van der Waals surface area contributed by atoms with Crippen molar-refractivity contribution in [2.45, 2.75) is 280 Å². The zero-order valence-electron chi connectivity index (χ0n) is 83.2. The van der Waals surface area contributed by atoms with Crippen molar-refractivity contribution in [2.75, 3.05) is 71.9 Å². The number of carbonyl (C=O) groups is 18. The van der Waals surface area contributed by atoms with Gasteiger partial charge in [-0.15, -0.1) is 11.8 Å². The maximum Gasteiger partial charge on any atom is 0.323 e. The topological polar surface area (TPSA) is 696 Å². The van der Waals surface area contributed by atoms with Crippen LogP contribution in [-0.4, -0.2) is 363 Å². The number of nitrogens with two attached hydrogens (primary N) is 3. The number of likely N-dealkylation sites (N-methyl/N-ethyl adjacent to an activating group) is 3. The molecular weight excluding hydrogens is 1890 g/mol. The molecule has 792 valence electrons. The van der Waals surface area contributed by atoms with Gasteiger partial charge in [0.1, 0.15) is 109 Å². The highest BCUT2D eigenvalue weighted by Crippen LogP contribution is 2.29. The zero-order valence-corrected chi connectivity index (χ0v) is 84.0. The Morgan fingerprint density at radius 3 is 1.74 bits per heavy atom. The molecule has 0 saturated carbocycles. The minimum absolute atomic E-state index is 0.0156. The van der Waals surface area contributed by atoms with Gasteiger partial charge in [0.15, 0.2) is 0 Å². The Morgan fingerprint density at radius 2 is 1.10 bits per heavy atom. The number of phenolic OH excluding ortho intramolecular Hbond substituents is 1. The van der Waals surface area contributed by atoms with Crippen LogP contribution in [0.4, 0.5) is 0 Å². The highest BCUT2D eigenvalue weighted by molar-refractivity contribution is 8.00. The molecule has 8 rings (SSSR count). The number of aromatic amines is 1. The number of nitrogens with zero attached hydrogens (tertiary/aromatic N) is 6. The summed E-state index contributed by atoms with van der Waals surface area (Å²) < 4.78 is 1.43. The Balaban J connectivity index is 1.24. The monoisotopic (exact) mass is 2030 g/mol. The number of thioether (sulfide) groups is 1. The standard InChI is InChI=1S/C97H143N21O25S/c1-12-14-24-73-90(136)106-64(35-51(3)4)87(133)112-71(85(131)103-45-79(100)124)49-144-50-80(125)104-67(37-55-28-30-58(120)31-29-55)93(139)113(9)53(7)84(130)108-69(41-78(99)123)95(141)117-34-20-27-74(117)91(137)111-70(43-101-44-77(122)83(129)82(128)54(8)119)89(135)109-66(36-52(5)6)96(142)118-47-59(121)40-76(118)92(138)107-65(38-56-42-102-62-23-18-16-21-60(56)62)88(134)105-63(32-33-98)86(132)110-68(94(140)115(11)75(25-15-13-2)97(143)114(73)10)39-57-46-116(48-81(126)127)72-26-19-17-22-61(57)72/h16-19,21-23,26,28-31,42,46,51-54,59,63-71,73-77,82-83,101-102,119-122,128-129H,12-15,20,24-25,27,32-41,43-45,47-50,98H2,1-11H3,(H2,99,123)(H2,100,124)(H,103,131)(H,104,125)(H,105,134)(H,106,136)(H,107,138)(H,108,130)(H,109,135)(H,110,132)(H,111,137)(H,112,133)(H,126,127)/t53-,54-,59+,63-,64-,65-,66-,67-,68-,69-,70-,71-,73-,74-,75-,76-,77-,82-,83-/m0/s1. The third-order valence-corrected chi connectivity index (χ3v) is 26.8. The molecule has 25 N–H and O–H groups in total. The number of phenols is 1. The molecule has 5 aromatic rings. The number of carboxylic acid groups (broad SMARTS) is 1. The van der Waals surface area contributed by atoms with E-state index in [2.05, 4.69) is 63.5 Å². The smallest absolute Gasteiger partial charge is 0.323 e. The second-order valence-corrected chi connectivity index (χ2v) is 39.0. The van der Waals surface area contributed by atoms with Gasteiger partial charge >= 0.3 is 5.97 Å². The molecule has 144 heavy (non-hydrogen) atoms. The number of H-pyrrole nitrogens is 1. The van der Waals surface area contributed by atoms with E-state index in [1.54, 1.807) is 82.4 Å². The Labute approximate surface area is 838 Å². The highest BCUT2D eigenvalue weighted by atomic mass is 32.2. The fourth-order valence-corrected chi connectivity index (χ4v) is 18.6. The maximum atomic E-state index is 16.0. The van der Waals surface area contributed by atoms with Gasteiger partial charge in [-0.1, -0.05) is 116 Å². The van der Waals surface area contributed by atoms with E-state index in [1.165, 1.54) is 63.1 Å². The first-order valence-electron chi connectivity index (χ1n) is 48.7. The number of fused-ring (bicyclic) bond motifs is 4. The molecular formula is C97H143N21O25S. The van der Waals surface area contributed by atoms with Crippen LogP contribution in [-0.2, 0) is 112 Å². The van der Waals surface area contributed by atoms with E-state index < -0.39 is 291 Å². The fourth-order valence-electron chi connectivity index (χ4n) is 17.8. The summed E-state index contributed by atoms with van der Waals surface area (Å²) in [5.74, 6) is -19.9. The number of aromatic nitrogens is 2. The third-order valence-electron chi connectivity index (χ3n) is 25.8. The molecule has 19 atom stereocenters. The van der Waals surface area contributed by atoms with E-state index in [1.807, 2.05) is 13.8 Å². The number of aliphatic hydroxyl groups excluding tert-OH is 5. The molecule has 46 nitrogen and oxygen atoms in total. The molecule has 3 fully saturated rings. The molecule has 3 saturated heterocycles. The molecule has 5 heterocycles. The first kappa shape index (κ1) is 116. The Morgan fingerprint density at radius 1 is 0.549 bits per heavy atom. The molecule has 0 aliphatic carbocycles. The van der Waals surface area contributed by atoms with Crippen LogP contribution in [0, 0.1) is 11.8 Å². The molecule has 0 bridgehead atoms. The van der Waals surface area contributed by atoms with Crippen LogP contribution in [0.3, 0.4) is 0 Å². The lowest BCUT2D eigenvalue weighted by atomic mass is 9.99. The quantitative estimate of drug-likeness (QED) is 0.0194. The van der Waals surface area contributed by atoms with Crippen molar-refractivity contribution in [1.29, 1.82) is 0 Å². The summed E-state index contributed by atoms with van der Waals surface area (Å²) in [5, 5.41) is 105. The van der Waals surface area contributed by atoms with Crippen LogP contribution in [0.5, 0.6) is 5.75 Å². The number of amides is 17. The summed E-state index contributed by atoms with van der Waals surface area (Å²) in [7, 11) is 3.86. The average Bonchev–Trinajstić information content (AvgIpc) is 1.64. The number of unbranched alkanes of at least 4 members (excludes halogenated alkanes) is 2. The normalized spacial score (nSPS) is 25.0. The van der Waals surface area contributed by atoms with Crippen LogP contribution < -0.4 is 75.7 Å². The van der Waals surface area contributed by atoms with Crippen LogP contribution in [0.2, 0.25) is 0 Å². The molecule has 2 aromatic heterocycles. The number of carboxylic acids is 1. The number of hydrogen-bond acceptors (Lipinski definition) is 27. The first-order valence-corrected chi connectivity index (χ1v) is 49.8. The Bertz CT molecular complexity index is 5330. The molecule has 0 unspecified atom stereocenters. The molecule has 3 aliphatic rings. The number of aliphatic hydroxyl groups is 5. The number of aromatic hydroxyl groups is 1. The SMILES string of the molecule is CCCC[C@H]1C(=O)N(C)[C@@H](CCCC)C(=O)N[C@@H](CC(C)C)C(=O)N[C@H](C(=O)NCC(N)=O)CSCC(=O)N[C@@H](Cc2ccc(O)cc2)C(=O)N(C)[C@@H](C)C(=O)N[C@@H](CC(N)=O)C(=O)N2CCC[C@H]2C(=O)N[C@@H](CNC[C@H](O)[C@H](O)[C@@H](O)[C@H](C)O)C(=O)N[C@@H](CC(C)C)C(=O)N2C[C@H](O)C[C@H]2C(=O)N[C@@H](Cc2c[nH]c3ccccc23)C(=O)N[C@@H](CCN)C(=O)N[C@@H](Cc2cn(CC(=O)O)c3ccccc23)C(=O)N1C. The summed E-state index contributed by atoms with van der Waals surface area (Å²) >= 11 is 0.763. The lowest BCUT2D eigenvalue weighted by molar-refractivity contribution is -0.149. The van der Waals surface area contributed by atoms with Gasteiger partial charge in [-0.05, 0) is 118 Å². The average molecular weight is 2040 g/mol. The lowest BCUT2D eigenvalue weighted by Gasteiger charge is -2.36. The van der Waals surface area contributed by atoms with Crippen molar-refractivity contribution in [2.24, 2.45) is 29.0 Å². The van der Waals surface area contributed by atoms with Crippen molar-refractivity contribution in [3.05, 3.63) is 102 Å².